The van der Waals surface area contributed by atoms with Crippen molar-refractivity contribution in [1.82, 2.24) is 0 Å². The maximum absolute atomic E-state index is 11.1. The van der Waals surface area contributed by atoms with Gasteiger partial charge in [0, 0.05) is 11.3 Å². The van der Waals surface area contributed by atoms with Gasteiger partial charge in [-0.15, -0.1) is 0 Å². The Labute approximate surface area is 105 Å². The molecule has 1 unspecified atom stereocenters. The Morgan fingerprint density at radius 1 is 1.44 bits per heavy atom. The van der Waals surface area contributed by atoms with E-state index in [9.17, 15) is 9.59 Å². The molecule has 1 saturated carbocycles. The number of benzene rings is 1. The fraction of sp³-hybridized carbons (Fsp3) is 0.385. The summed E-state index contributed by atoms with van der Waals surface area (Å²) < 4.78 is 0. The molecule has 1 aliphatic carbocycles. The molecule has 1 aromatic rings. The molecule has 5 heteroatoms. The van der Waals surface area contributed by atoms with Crippen molar-refractivity contribution in [2.75, 3.05) is 5.32 Å². The minimum atomic E-state index is -0.839. The predicted octanol–water partition coefficient (Wildman–Crippen LogP) is 1.37. The van der Waals surface area contributed by atoms with Crippen molar-refractivity contribution in [3.8, 4) is 0 Å². The van der Waals surface area contributed by atoms with Crippen LogP contribution in [0.15, 0.2) is 18.2 Å². The lowest BCUT2D eigenvalue weighted by molar-refractivity contribution is -0.138. The molecule has 4 N–H and O–H groups in total. The first kappa shape index (κ1) is 12.4. The largest absolute Gasteiger partial charge is 0.480 e. The number of hydrogen-bond acceptors (Lipinski definition) is 3. The summed E-state index contributed by atoms with van der Waals surface area (Å²) in [6.45, 7) is 1.78. The topological polar surface area (TPSA) is 92.4 Å². The van der Waals surface area contributed by atoms with Crippen LogP contribution in [0.5, 0.6) is 0 Å². The zero-order valence-electron chi connectivity index (χ0n) is 10.1. The van der Waals surface area contributed by atoms with Gasteiger partial charge < -0.3 is 16.2 Å². The van der Waals surface area contributed by atoms with E-state index in [1.54, 1.807) is 25.1 Å². The summed E-state index contributed by atoms with van der Waals surface area (Å²) in [5, 5.41) is 12.1. The Hall–Kier alpha value is -2.04. The number of hydrogen-bond donors (Lipinski definition) is 3. The molecule has 1 amide bonds. The van der Waals surface area contributed by atoms with Gasteiger partial charge in [-0.3, -0.25) is 4.79 Å². The molecule has 0 spiro atoms. The molecule has 2 rings (SSSR count). The van der Waals surface area contributed by atoms with Crippen LogP contribution < -0.4 is 11.1 Å². The first-order chi connectivity index (χ1) is 8.49. The van der Waals surface area contributed by atoms with Crippen LogP contribution in [0, 0.1) is 12.8 Å². The van der Waals surface area contributed by atoms with Crippen LogP contribution in [0.2, 0.25) is 0 Å². The molecule has 0 radical (unpaired) electrons. The van der Waals surface area contributed by atoms with E-state index in [2.05, 4.69) is 5.32 Å². The molecule has 1 atom stereocenters. The predicted molar refractivity (Wildman–Crippen MR) is 67.5 cm³/mol. The Kier molecular flexibility index (Phi) is 3.23. The average molecular weight is 248 g/mol. The van der Waals surface area contributed by atoms with Crippen LogP contribution in [0.4, 0.5) is 5.69 Å². The first-order valence-electron chi connectivity index (χ1n) is 5.89. The van der Waals surface area contributed by atoms with Gasteiger partial charge in [0.1, 0.15) is 6.04 Å². The van der Waals surface area contributed by atoms with Crippen LogP contribution >= 0.6 is 0 Å². The Bertz CT molecular complexity index is 495. The Morgan fingerprint density at radius 2 is 2.11 bits per heavy atom. The van der Waals surface area contributed by atoms with E-state index in [1.165, 1.54) is 0 Å². The van der Waals surface area contributed by atoms with Crippen molar-refractivity contribution >= 4 is 17.6 Å². The zero-order chi connectivity index (χ0) is 13.3. The Balaban J connectivity index is 2.16. The van der Waals surface area contributed by atoms with Crippen LogP contribution in [0.3, 0.4) is 0 Å². The third-order valence-electron chi connectivity index (χ3n) is 3.17. The average Bonchev–Trinajstić information content (AvgIpc) is 3.08. The van der Waals surface area contributed by atoms with E-state index in [4.69, 9.17) is 10.8 Å². The smallest absolute Gasteiger partial charge is 0.326 e. The van der Waals surface area contributed by atoms with Gasteiger partial charge in [0.15, 0.2) is 0 Å². The monoisotopic (exact) mass is 248 g/mol. The zero-order valence-corrected chi connectivity index (χ0v) is 10.1. The highest BCUT2D eigenvalue weighted by Crippen LogP contribution is 2.34. The third kappa shape index (κ3) is 2.61. The fourth-order valence-electron chi connectivity index (χ4n) is 2.02. The summed E-state index contributed by atoms with van der Waals surface area (Å²) in [6, 6.07) is 4.50. The highest BCUT2D eigenvalue weighted by molar-refractivity contribution is 5.94. The van der Waals surface area contributed by atoms with Gasteiger partial charge in [-0.2, -0.15) is 0 Å². The highest BCUT2D eigenvalue weighted by atomic mass is 16.4. The molecule has 96 valence electrons. The van der Waals surface area contributed by atoms with Crippen molar-refractivity contribution < 1.29 is 14.7 Å². The molecule has 5 nitrogen and oxygen atoms in total. The third-order valence-corrected chi connectivity index (χ3v) is 3.17. The number of amides is 1. The second-order valence-corrected chi connectivity index (χ2v) is 4.69. The normalized spacial score (nSPS) is 16.1. The van der Waals surface area contributed by atoms with Gasteiger partial charge >= 0.3 is 5.97 Å². The van der Waals surface area contributed by atoms with Crippen LogP contribution in [0.25, 0.3) is 0 Å². The van der Waals surface area contributed by atoms with Crippen molar-refractivity contribution in [3.63, 3.8) is 0 Å². The van der Waals surface area contributed by atoms with Gasteiger partial charge in [-0.05, 0) is 49.4 Å². The maximum Gasteiger partial charge on any atom is 0.326 e. The molecule has 18 heavy (non-hydrogen) atoms. The summed E-state index contributed by atoms with van der Waals surface area (Å²) >= 11 is 0. The molecule has 0 bridgehead atoms. The molecule has 0 heterocycles. The molecule has 1 fully saturated rings. The fourth-order valence-corrected chi connectivity index (χ4v) is 2.02. The molecule has 0 aliphatic heterocycles. The number of aliphatic carboxylic acids is 1. The molecule has 1 aliphatic rings. The minimum Gasteiger partial charge on any atom is -0.480 e. The van der Waals surface area contributed by atoms with E-state index < -0.39 is 17.9 Å². The molecule has 1 aromatic carbocycles. The summed E-state index contributed by atoms with van der Waals surface area (Å²) in [5.41, 5.74) is 7.12. The first-order valence-corrected chi connectivity index (χ1v) is 5.89. The van der Waals surface area contributed by atoms with Gasteiger partial charge in [0.2, 0.25) is 5.91 Å². The van der Waals surface area contributed by atoms with E-state index in [0.29, 0.717) is 11.3 Å². The number of aryl methyl sites for hydroxylation is 1. The number of nitrogens with one attached hydrogen (secondary N) is 1. The Morgan fingerprint density at radius 3 is 2.56 bits per heavy atom. The quantitative estimate of drug-likeness (QED) is 0.733. The van der Waals surface area contributed by atoms with Crippen molar-refractivity contribution in [3.05, 3.63) is 29.3 Å². The van der Waals surface area contributed by atoms with Gasteiger partial charge in [0.25, 0.3) is 0 Å². The lowest BCUT2D eigenvalue weighted by atomic mass is 10.1. The van der Waals surface area contributed by atoms with Gasteiger partial charge in [-0.1, -0.05) is 0 Å². The SMILES string of the molecule is Cc1cc(NC(C(=O)O)C2CC2)ccc1C(N)=O. The van der Waals surface area contributed by atoms with Crippen molar-refractivity contribution in [2.45, 2.75) is 25.8 Å². The number of carboxylic acid groups (broad SMARTS) is 1. The standard InChI is InChI=1S/C13H16N2O3/c1-7-6-9(4-5-10(7)12(14)16)15-11(13(17)18)8-2-3-8/h4-6,8,11,15H,2-3H2,1H3,(H2,14,16)(H,17,18). The van der Waals surface area contributed by atoms with Crippen molar-refractivity contribution in [1.29, 1.82) is 0 Å². The summed E-state index contributed by atoms with van der Waals surface area (Å²) in [6.07, 6.45) is 1.89. The number of carboxylic acids is 1. The highest BCUT2D eigenvalue weighted by Gasteiger charge is 2.36. The molecule has 0 saturated heterocycles. The van der Waals surface area contributed by atoms with Crippen LogP contribution in [0.1, 0.15) is 28.8 Å². The maximum atomic E-state index is 11.1. The number of rotatable bonds is 5. The van der Waals surface area contributed by atoms with E-state index in [0.717, 1.165) is 18.4 Å². The number of primary amides is 1. The number of carbonyl (C=O) groups excluding carboxylic acids is 1. The summed E-state index contributed by atoms with van der Waals surface area (Å²) in [4.78, 5) is 22.2. The van der Waals surface area contributed by atoms with Gasteiger partial charge in [-0.25, -0.2) is 4.79 Å². The van der Waals surface area contributed by atoms with E-state index in [-0.39, 0.29) is 5.92 Å². The summed E-state index contributed by atoms with van der Waals surface area (Å²) in [7, 11) is 0. The lowest BCUT2D eigenvalue weighted by Crippen LogP contribution is -2.31. The number of nitrogens with two attached hydrogens (primary N) is 1. The number of carbonyl (C=O) groups is 2. The van der Waals surface area contributed by atoms with E-state index >= 15 is 0 Å². The van der Waals surface area contributed by atoms with Crippen molar-refractivity contribution in [2.24, 2.45) is 11.7 Å². The lowest BCUT2D eigenvalue weighted by Gasteiger charge is -2.16. The second kappa shape index (κ2) is 4.68. The molecular formula is C13H16N2O3. The second-order valence-electron chi connectivity index (χ2n) is 4.69. The van der Waals surface area contributed by atoms with Crippen LogP contribution in [-0.2, 0) is 4.79 Å². The summed E-state index contributed by atoms with van der Waals surface area (Å²) in [5.74, 6) is -1.11. The molecule has 0 aromatic heterocycles. The van der Waals surface area contributed by atoms with Gasteiger partial charge in [0.05, 0.1) is 0 Å². The number of anilines is 1. The van der Waals surface area contributed by atoms with Crippen LogP contribution in [-0.4, -0.2) is 23.0 Å². The van der Waals surface area contributed by atoms with E-state index in [1.807, 2.05) is 0 Å². The minimum absolute atomic E-state index is 0.207. The molecular weight excluding hydrogens is 232 g/mol.